The molecule has 0 aromatic rings. The minimum atomic E-state index is -1.24. The Labute approximate surface area is 177 Å². The highest BCUT2D eigenvalue weighted by atomic mass is 16.5. The van der Waals surface area contributed by atoms with Gasteiger partial charge >= 0.3 is 11.9 Å². The molecule has 0 spiro atoms. The number of hydrogen-bond donors (Lipinski definition) is 6. The van der Waals surface area contributed by atoms with Crippen molar-refractivity contribution in [1.82, 2.24) is 0 Å². The Morgan fingerprint density at radius 1 is 0.600 bits per heavy atom. The van der Waals surface area contributed by atoms with Crippen LogP contribution in [0.25, 0.3) is 0 Å². The molecular weight excluding hydrogens is 400 g/mol. The minimum Gasteiger partial charge on any atom is -0.481 e. The quantitative estimate of drug-likeness (QED) is 0.109. The number of carbonyl (C=O) groups excluding carboxylic acids is 1. The molecule has 0 atom stereocenters. The second-order valence-electron chi connectivity index (χ2n) is 7.96. The highest BCUT2D eigenvalue weighted by molar-refractivity contribution is 5.69. The summed E-state index contributed by atoms with van der Waals surface area (Å²) in [6.07, 6.45) is 5.14. The van der Waals surface area contributed by atoms with Crippen LogP contribution in [0.3, 0.4) is 0 Å². The van der Waals surface area contributed by atoms with Crippen molar-refractivity contribution >= 4 is 11.9 Å². The van der Waals surface area contributed by atoms with E-state index in [9.17, 15) is 35.1 Å². The number of unbranched alkanes of at least 4 members (excludes halogenated alkanes) is 5. The van der Waals surface area contributed by atoms with Crippen LogP contribution in [0.2, 0.25) is 0 Å². The average molecular weight is 439 g/mol. The molecule has 0 aliphatic heterocycles. The van der Waals surface area contributed by atoms with Gasteiger partial charge in [-0.25, -0.2) is 0 Å². The fourth-order valence-corrected chi connectivity index (χ4v) is 2.60. The number of aliphatic hydroxyl groups excluding tert-OH is 5. The fraction of sp³-hybridized carbons (Fsp3) is 0.900. The van der Waals surface area contributed by atoms with Gasteiger partial charge in [-0.3, -0.25) is 9.59 Å². The van der Waals surface area contributed by atoms with Crippen LogP contribution >= 0.6 is 0 Å². The lowest BCUT2D eigenvalue weighted by Crippen LogP contribution is -2.44. The topological polar surface area (TPSA) is 174 Å². The van der Waals surface area contributed by atoms with Gasteiger partial charge in [-0.1, -0.05) is 25.7 Å². The molecule has 0 amide bonds. The average Bonchev–Trinajstić information content (AvgIpc) is 2.75. The van der Waals surface area contributed by atoms with Crippen molar-refractivity contribution in [3.63, 3.8) is 0 Å². The first-order valence-electron chi connectivity index (χ1n) is 10.3. The maximum atomic E-state index is 11.9. The maximum absolute atomic E-state index is 11.9. The molecule has 0 saturated carbocycles. The molecule has 10 nitrogen and oxygen atoms in total. The molecule has 0 saturated heterocycles. The van der Waals surface area contributed by atoms with Gasteiger partial charge in [0.2, 0.25) is 0 Å². The summed E-state index contributed by atoms with van der Waals surface area (Å²) in [5, 5.41) is 55.7. The summed E-state index contributed by atoms with van der Waals surface area (Å²) < 4.78 is 10.6. The van der Waals surface area contributed by atoms with Crippen LogP contribution in [-0.2, 0) is 19.1 Å². The highest BCUT2D eigenvalue weighted by Crippen LogP contribution is 2.21. The van der Waals surface area contributed by atoms with E-state index >= 15 is 0 Å². The van der Waals surface area contributed by atoms with Crippen molar-refractivity contribution in [2.75, 3.05) is 52.9 Å². The summed E-state index contributed by atoms with van der Waals surface area (Å²) in [5.41, 5.74) is -2.47. The van der Waals surface area contributed by atoms with Gasteiger partial charge in [-0.05, 0) is 12.8 Å². The normalized spacial score (nSPS) is 12.2. The van der Waals surface area contributed by atoms with E-state index in [4.69, 9.17) is 14.6 Å². The summed E-state index contributed by atoms with van der Waals surface area (Å²) in [4.78, 5) is 22.3. The molecule has 0 radical (unpaired) electrons. The summed E-state index contributed by atoms with van der Waals surface area (Å²) in [5.74, 6) is -1.25. The third-order valence-corrected chi connectivity index (χ3v) is 5.05. The molecule has 0 aromatic carbocycles. The Balaban J connectivity index is 4.17. The van der Waals surface area contributed by atoms with Crippen LogP contribution in [0.5, 0.6) is 0 Å². The van der Waals surface area contributed by atoms with E-state index in [1.807, 2.05) is 0 Å². The third-order valence-electron chi connectivity index (χ3n) is 5.05. The molecule has 0 unspecified atom stereocenters. The second kappa shape index (κ2) is 16.4. The van der Waals surface area contributed by atoms with Crippen LogP contribution in [0.15, 0.2) is 0 Å². The predicted octanol–water partition coefficient (Wildman–Crippen LogP) is -0.314. The molecule has 10 heteroatoms. The van der Waals surface area contributed by atoms with Crippen molar-refractivity contribution in [1.29, 1.82) is 0 Å². The summed E-state index contributed by atoms with van der Waals surface area (Å²) >= 11 is 0. The molecular formula is C20H38O10. The lowest BCUT2D eigenvalue weighted by atomic mass is 9.90. The summed E-state index contributed by atoms with van der Waals surface area (Å²) in [6, 6.07) is 0. The number of esters is 1. The third kappa shape index (κ3) is 11.8. The van der Waals surface area contributed by atoms with Gasteiger partial charge in [-0.15, -0.1) is 0 Å². The first-order valence-corrected chi connectivity index (χ1v) is 10.3. The number of carboxylic acid groups (broad SMARTS) is 1. The molecule has 0 aliphatic carbocycles. The first kappa shape index (κ1) is 28.7. The zero-order valence-electron chi connectivity index (χ0n) is 17.6. The lowest BCUT2D eigenvalue weighted by Gasteiger charge is -2.32. The molecule has 0 bridgehead atoms. The van der Waals surface area contributed by atoms with Crippen molar-refractivity contribution < 1.29 is 49.7 Å². The Morgan fingerprint density at radius 2 is 1.03 bits per heavy atom. The molecule has 0 rings (SSSR count). The fourth-order valence-electron chi connectivity index (χ4n) is 2.60. The predicted molar refractivity (Wildman–Crippen MR) is 107 cm³/mol. The molecule has 0 aromatic heterocycles. The standard InChI is InChI=1S/C20H38O10/c21-9-19(10-22,11-23)14-29-15-20(12-24,13-25)16-30-18(28)8-6-4-2-1-3-5-7-17(26)27/h21-25H,1-16H2,(H,26,27). The molecule has 0 heterocycles. The second-order valence-corrected chi connectivity index (χ2v) is 7.96. The van der Waals surface area contributed by atoms with E-state index in [0.717, 1.165) is 25.7 Å². The van der Waals surface area contributed by atoms with E-state index < -0.39 is 55.8 Å². The van der Waals surface area contributed by atoms with E-state index in [1.165, 1.54) is 0 Å². The van der Waals surface area contributed by atoms with E-state index in [2.05, 4.69) is 0 Å². The smallest absolute Gasteiger partial charge is 0.305 e. The van der Waals surface area contributed by atoms with Gasteiger partial charge in [0, 0.05) is 12.8 Å². The molecule has 0 fully saturated rings. The minimum absolute atomic E-state index is 0.175. The Bertz CT molecular complexity index is 452. The van der Waals surface area contributed by atoms with Crippen LogP contribution in [0, 0.1) is 10.8 Å². The van der Waals surface area contributed by atoms with Crippen molar-refractivity contribution in [2.45, 2.75) is 51.4 Å². The molecule has 6 N–H and O–H groups in total. The van der Waals surface area contributed by atoms with Gasteiger partial charge in [0.05, 0.1) is 57.1 Å². The van der Waals surface area contributed by atoms with Crippen molar-refractivity contribution in [2.24, 2.45) is 10.8 Å². The monoisotopic (exact) mass is 438 g/mol. The maximum Gasteiger partial charge on any atom is 0.305 e. The number of ether oxygens (including phenoxy) is 2. The largest absolute Gasteiger partial charge is 0.481 e. The van der Waals surface area contributed by atoms with E-state index in [1.54, 1.807) is 0 Å². The molecule has 0 aliphatic rings. The number of carbonyl (C=O) groups is 2. The molecule has 178 valence electrons. The van der Waals surface area contributed by atoms with E-state index in [0.29, 0.717) is 12.8 Å². The van der Waals surface area contributed by atoms with Crippen LogP contribution < -0.4 is 0 Å². The zero-order valence-corrected chi connectivity index (χ0v) is 17.6. The Hall–Kier alpha value is -1.30. The van der Waals surface area contributed by atoms with Gasteiger partial charge in [0.15, 0.2) is 0 Å². The number of aliphatic hydroxyl groups is 5. The van der Waals surface area contributed by atoms with Crippen molar-refractivity contribution in [3.8, 4) is 0 Å². The van der Waals surface area contributed by atoms with Crippen LogP contribution in [-0.4, -0.2) is 95.4 Å². The number of aliphatic carboxylic acids is 1. The Kier molecular flexibility index (Phi) is 15.7. The highest BCUT2D eigenvalue weighted by Gasteiger charge is 2.34. The van der Waals surface area contributed by atoms with Gasteiger partial charge < -0.3 is 40.1 Å². The van der Waals surface area contributed by atoms with Crippen molar-refractivity contribution in [3.05, 3.63) is 0 Å². The first-order chi connectivity index (χ1) is 14.3. The zero-order chi connectivity index (χ0) is 22.9. The number of carboxylic acids is 1. The summed E-state index contributed by atoms with van der Waals surface area (Å²) in [7, 11) is 0. The number of hydrogen-bond acceptors (Lipinski definition) is 9. The Morgan fingerprint density at radius 3 is 1.50 bits per heavy atom. The van der Waals surface area contributed by atoms with Gasteiger partial charge in [0.1, 0.15) is 6.61 Å². The SMILES string of the molecule is O=C(O)CCCCCCCCC(=O)OCC(CO)(CO)COCC(CO)(CO)CO. The number of rotatable bonds is 20. The summed E-state index contributed by atoms with van der Waals surface area (Å²) in [6.45, 7) is -3.14. The van der Waals surface area contributed by atoms with Gasteiger partial charge in [-0.2, -0.15) is 0 Å². The van der Waals surface area contributed by atoms with Crippen LogP contribution in [0.1, 0.15) is 51.4 Å². The van der Waals surface area contributed by atoms with Gasteiger partial charge in [0.25, 0.3) is 0 Å². The molecule has 30 heavy (non-hydrogen) atoms. The van der Waals surface area contributed by atoms with E-state index in [-0.39, 0.29) is 32.7 Å². The van der Waals surface area contributed by atoms with Crippen LogP contribution in [0.4, 0.5) is 0 Å². The lowest BCUT2D eigenvalue weighted by molar-refractivity contribution is -0.154.